The number of aliphatic hydroxyl groups is 1. The van der Waals surface area contributed by atoms with Gasteiger partial charge in [-0.15, -0.1) is 0 Å². The molecule has 0 aliphatic heterocycles. The zero-order chi connectivity index (χ0) is 10.4. The fourth-order valence-electron chi connectivity index (χ4n) is 4.08. The molecule has 2 fully saturated rings. The van der Waals surface area contributed by atoms with Crippen LogP contribution in [-0.2, 0) is 0 Å². The molecule has 14 heavy (non-hydrogen) atoms. The van der Waals surface area contributed by atoms with E-state index in [4.69, 9.17) is 0 Å². The van der Waals surface area contributed by atoms with Crippen molar-refractivity contribution in [3.63, 3.8) is 0 Å². The number of rotatable bonds is 3. The highest BCUT2D eigenvalue weighted by molar-refractivity contribution is 6.76. The van der Waals surface area contributed by atoms with Gasteiger partial charge in [-0.1, -0.05) is 26.1 Å². The highest BCUT2D eigenvalue weighted by Crippen LogP contribution is 2.58. The Labute approximate surface area is 88.9 Å². The third kappa shape index (κ3) is 1.79. The van der Waals surface area contributed by atoms with Crippen LogP contribution in [0.3, 0.4) is 0 Å². The van der Waals surface area contributed by atoms with E-state index >= 15 is 0 Å². The van der Waals surface area contributed by atoms with E-state index in [2.05, 4.69) is 19.6 Å². The maximum absolute atomic E-state index is 9.72. The van der Waals surface area contributed by atoms with Crippen molar-refractivity contribution >= 4 is 8.07 Å². The summed E-state index contributed by atoms with van der Waals surface area (Å²) in [5.74, 6) is 1.83. The zero-order valence-corrected chi connectivity index (χ0v) is 10.8. The van der Waals surface area contributed by atoms with Crippen molar-refractivity contribution in [1.82, 2.24) is 0 Å². The summed E-state index contributed by atoms with van der Waals surface area (Å²) in [7, 11) is -1.01. The lowest BCUT2D eigenvalue weighted by molar-refractivity contribution is 0.0821. The Kier molecular flexibility index (Phi) is 2.55. The van der Waals surface area contributed by atoms with Gasteiger partial charge in [0.05, 0.1) is 0 Å². The highest BCUT2D eigenvalue weighted by atomic mass is 28.3. The largest absolute Gasteiger partial charge is 0.396 e. The van der Waals surface area contributed by atoms with Gasteiger partial charge in [0.1, 0.15) is 0 Å². The highest BCUT2D eigenvalue weighted by Gasteiger charge is 2.51. The molecule has 0 aromatic heterocycles. The topological polar surface area (TPSA) is 20.2 Å². The quantitative estimate of drug-likeness (QED) is 0.713. The minimum absolute atomic E-state index is 0.355. The first-order chi connectivity index (χ1) is 6.45. The average molecular weight is 212 g/mol. The monoisotopic (exact) mass is 212 g/mol. The number of hydrogen-bond donors (Lipinski definition) is 1. The van der Waals surface area contributed by atoms with Gasteiger partial charge in [0.25, 0.3) is 0 Å². The van der Waals surface area contributed by atoms with Crippen LogP contribution in [0.15, 0.2) is 0 Å². The molecule has 82 valence electrons. The number of fused-ring (bicyclic) bond motifs is 2. The Balaban J connectivity index is 2.11. The van der Waals surface area contributed by atoms with E-state index in [1.165, 1.54) is 31.7 Å². The summed E-state index contributed by atoms with van der Waals surface area (Å²) in [5, 5.41) is 9.72. The molecule has 1 nitrogen and oxygen atoms in total. The molecule has 2 rings (SSSR count). The van der Waals surface area contributed by atoms with Crippen LogP contribution in [0.5, 0.6) is 0 Å². The maximum Gasteiger partial charge on any atom is 0.0487 e. The van der Waals surface area contributed by atoms with Gasteiger partial charge in [-0.2, -0.15) is 0 Å². The molecule has 3 atom stereocenters. The SMILES string of the molecule is C[Si](C)(C)CC1(CO)CC2CCC1C2. The molecule has 2 aliphatic rings. The van der Waals surface area contributed by atoms with Crippen LogP contribution in [0, 0.1) is 17.3 Å². The Bertz CT molecular complexity index is 221. The summed E-state index contributed by atoms with van der Waals surface area (Å²) in [6.07, 6.45) is 5.59. The van der Waals surface area contributed by atoms with Crippen molar-refractivity contribution in [2.45, 2.75) is 51.4 Å². The summed E-state index contributed by atoms with van der Waals surface area (Å²) >= 11 is 0. The second-order valence-corrected chi connectivity index (χ2v) is 12.3. The fourth-order valence-corrected chi connectivity index (χ4v) is 6.74. The smallest absolute Gasteiger partial charge is 0.0487 e. The third-order valence-electron chi connectivity index (χ3n) is 4.30. The maximum atomic E-state index is 9.72. The molecular weight excluding hydrogens is 188 g/mol. The Morgan fingerprint density at radius 2 is 2.00 bits per heavy atom. The van der Waals surface area contributed by atoms with E-state index in [1.54, 1.807) is 0 Å². The Morgan fingerprint density at radius 3 is 2.36 bits per heavy atom. The molecule has 2 bridgehead atoms. The van der Waals surface area contributed by atoms with E-state index in [-0.39, 0.29) is 0 Å². The second-order valence-electron chi connectivity index (χ2n) is 6.84. The molecule has 2 aliphatic carbocycles. The molecule has 0 spiro atoms. The average Bonchev–Trinajstić information content (AvgIpc) is 2.60. The molecule has 0 radical (unpaired) electrons. The molecule has 0 aromatic rings. The van der Waals surface area contributed by atoms with Crippen LogP contribution >= 0.6 is 0 Å². The first kappa shape index (κ1) is 10.7. The fraction of sp³-hybridized carbons (Fsp3) is 1.00. The van der Waals surface area contributed by atoms with Gasteiger partial charge in [-0.05, 0) is 42.6 Å². The lowest BCUT2D eigenvalue weighted by Gasteiger charge is -2.40. The van der Waals surface area contributed by atoms with Gasteiger partial charge < -0.3 is 5.11 Å². The standard InChI is InChI=1S/C12H24OSi/c1-14(2,3)9-12(8-13)7-10-4-5-11(12)6-10/h10-11,13H,4-9H2,1-3H3. The van der Waals surface area contributed by atoms with E-state index in [1.807, 2.05) is 0 Å². The van der Waals surface area contributed by atoms with Crippen molar-refractivity contribution in [3.8, 4) is 0 Å². The van der Waals surface area contributed by atoms with Crippen molar-refractivity contribution < 1.29 is 5.11 Å². The van der Waals surface area contributed by atoms with Gasteiger partial charge in [0.15, 0.2) is 0 Å². The minimum Gasteiger partial charge on any atom is -0.396 e. The van der Waals surface area contributed by atoms with Crippen LogP contribution < -0.4 is 0 Å². The van der Waals surface area contributed by atoms with Crippen molar-refractivity contribution in [2.75, 3.05) is 6.61 Å². The summed E-state index contributed by atoms with van der Waals surface area (Å²) in [6, 6.07) is 1.34. The molecule has 1 N–H and O–H groups in total. The summed E-state index contributed by atoms with van der Waals surface area (Å²) in [4.78, 5) is 0. The lowest BCUT2D eigenvalue weighted by atomic mass is 9.75. The molecule has 0 heterocycles. The Hall–Kier alpha value is 0.177. The van der Waals surface area contributed by atoms with Gasteiger partial charge in [0, 0.05) is 14.7 Å². The number of hydrogen-bond acceptors (Lipinski definition) is 1. The molecule has 0 saturated heterocycles. The molecular formula is C12H24OSi. The van der Waals surface area contributed by atoms with Gasteiger partial charge >= 0.3 is 0 Å². The van der Waals surface area contributed by atoms with E-state index < -0.39 is 8.07 Å². The zero-order valence-electron chi connectivity index (χ0n) is 9.84. The van der Waals surface area contributed by atoms with Crippen molar-refractivity contribution in [1.29, 1.82) is 0 Å². The third-order valence-corrected chi connectivity index (χ3v) is 6.06. The van der Waals surface area contributed by atoms with Gasteiger partial charge in [-0.3, -0.25) is 0 Å². The van der Waals surface area contributed by atoms with E-state index in [0.717, 1.165) is 11.8 Å². The summed E-state index contributed by atoms with van der Waals surface area (Å²) in [6.45, 7) is 7.78. The van der Waals surface area contributed by atoms with Crippen LogP contribution in [0.2, 0.25) is 25.7 Å². The van der Waals surface area contributed by atoms with Crippen LogP contribution in [-0.4, -0.2) is 19.8 Å². The van der Waals surface area contributed by atoms with E-state index in [0.29, 0.717) is 12.0 Å². The van der Waals surface area contributed by atoms with Gasteiger partial charge in [0.2, 0.25) is 0 Å². The van der Waals surface area contributed by atoms with Crippen molar-refractivity contribution in [3.05, 3.63) is 0 Å². The van der Waals surface area contributed by atoms with Crippen LogP contribution in [0.1, 0.15) is 25.7 Å². The lowest BCUT2D eigenvalue weighted by Crippen LogP contribution is -2.39. The van der Waals surface area contributed by atoms with Crippen LogP contribution in [0.25, 0.3) is 0 Å². The normalized spacial score (nSPS) is 42.0. The van der Waals surface area contributed by atoms with Gasteiger partial charge in [-0.25, -0.2) is 0 Å². The van der Waals surface area contributed by atoms with Crippen molar-refractivity contribution in [2.24, 2.45) is 17.3 Å². The molecule has 3 unspecified atom stereocenters. The molecule has 0 aromatic carbocycles. The predicted octanol–water partition coefficient (Wildman–Crippen LogP) is 3.12. The minimum atomic E-state index is -1.01. The van der Waals surface area contributed by atoms with Crippen LogP contribution in [0.4, 0.5) is 0 Å². The first-order valence-electron chi connectivity index (χ1n) is 6.06. The molecule has 0 amide bonds. The first-order valence-corrected chi connectivity index (χ1v) is 9.77. The predicted molar refractivity (Wildman–Crippen MR) is 63.1 cm³/mol. The van der Waals surface area contributed by atoms with E-state index in [9.17, 15) is 5.11 Å². The molecule has 2 saturated carbocycles. The summed E-state index contributed by atoms with van der Waals surface area (Å²) < 4.78 is 0. The Morgan fingerprint density at radius 1 is 1.29 bits per heavy atom. The molecule has 2 heteroatoms. The number of aliphatic hydroxyl groups excluding tert-OH is 1. The summed E-state index contributed by atoms with van der Waals surface area (Å²) in [5.41, 5.74) is 0.355. The second kappa shape index (κ2) is 3.34.